The van der Waals surface area contributed by atoms with Crippen molar-refractivity contribution in [1.29, 1.82) is 0 Å². The zero-order chi connectivity index (χ0) is 11.1. The maximum absolute atomic E-state index is 2.45. The van der Waals surface area contributed by atoms with E-state index in [2.05, 4.69) is 47.5 Å². The molecular weight excluding hydrogens is 194 g/mol. The molecule has 0 aromatic heterocycles. The lowest BCUT2D eigenvalue weighted by molar-refractivity contribution is 0.308. The first kappa shape index (κ1) is 11.3. The van der Waals surface area contributed by atoms with Gasteiger partial charge in [0.2, 0.25) is 0 Å². The maximum Gasteiger partial charge on any atom is 0.0172 e. The second-order valence-electron chi connectivity index (χ2n) is 4.51. The lowest BCUT2D eigenvalue weighted by Gasteiger charge is -2.24. The standard InChI is InChI=1S/C15H21N/c1-3-9-15(10-4-1)11-5-8-14-16-12-6-2-7-13-16/h1,3-4,8-10,14H,2,5-7,11-13H2/b14-8+. The Kier molecular flexibility index (Phi) is 4.48. The molecule has 0 amide bonds. The fraction of sp³-hybridized carbons (Fsp3) is 0.467. The summed E-state index contributed by atoms with van der Waals surface area (Å²) in [5.74, 6) is 0. The Morgan fingerprint density at radius 3 is 2.50 bits per heavy atom. The van der Waals surface area contributed by atoms with Crippen molar-refractivity contribution in [3.8, 4) is 0 Å². The molecule has 1 aromatic rings. The Hall–Kier alpha value is -1.24. The van der Waals surface area contributed by atoms with Crippen molar-refractivity contribution in [1.82, 2.24) is 4.90 Å². The zero-order valence-corrected chi connectivity index (χ0v) is 9.94. The largest absolute Gasteiger partial charge is 0.378 e. The molecule has 1 nitrogen and oxygen atoms in total. The van der Waals surface area contributed by atoms with E-state index in [1.165, 1.54) is 37.9 Å². The summed E-state index contributed by atoms with van der Waals surface area (Å²) in [4.78, 5) is 2.45. The number of rotatable bonds is 4. The molecular formula is C15H21N. The van der Waals surface area contributed by atoms with Crippen LogP contribution in [0.3, 0.4) is 0 Å². The van der Waals surface area contributed by atoms with Gasteiger partial charge in [-0.15, -0.1) is 0 Å². The molecule has 1 aromatic carbocycles. The van der Waals surface area contributed by atoms with Gasteiger partial charge in [0.05, 0.1) is 0 Å². The molecule has 0 radical (unpaired) electrons. The highest BCUT2D eigenvalue weighted by atomic mass is 15.1. The molecule has 0 N–H and O–H groups in total. The summed E-state index contributed by atoms with van der Waals surface area (Å²) in [5.41, 5.74) is 1.44. The number of hydrogen-bond donors (Lipinski definition) is 0. The van der Waals surface area contributed by atoms with E-state index in [4.69, 9.17) is 0 Å². The van der Waals surface area contributed by atoms with Gasteiger partial charge in [0.25, 0.3) is 0 Å². The van der Waals surface area contributed by atoms with Crippen molar-refractivity contribution in [2.24, 2.45) is 0 Å². The molecule has 1 fully saturated rings. The van der Waals surface area contributed by atoms with Crippen molar-refractivity contribution in [3.05, 3.63) is 48.2 Å². The van der Waals surface area contributed by atoms with Gasteiger partial charge in [-0.2, -0.15) is 0 Å². The third kappa shape index (κ3) is 3.73. The Labute approximate surface area is 98.8 Å². The highest BCUT2D eigenvalue weighted by Gasteiger charge is 2.04. The summed E-state index contributed by atoms with van der Waals surface area (Å²) in [6.45, 7) is 2.50. The van der Waals surface area contributed by atoms with Crippen LogP contribution in [0.2, 0.25) is 0 Å². The smallest absolute Gasteiger partial charge is 0.0172 e. The Morgan fingerprint density at radius 2 is 1.75 bits per heavy atom. The van der Waals surface area contributed by atoms with E-state index in [9.17, 15) is 0 Å². The van der Waals surface area contributed by atoms with Crippen LogP contribution >= 0.6 is 0 Å². The van der Waals surface area contributed by atoms with Crippen LogP contribution in [0.1, 0.15) is 31.2 Å². The molecule has 1 aliphatic heterocycles. The number of benzene rings is 1. The molecule has 1 heteroatoms. The average molecular weight is 215 g/mol. The third-order valence-electron chi connectivity index (χ3n) is 3.15. The quantitative estimate of drug-likeness (QED) is 0.741. The number of nitrogens with zero attached hydrogens (tertiary/aromatic N) is 1. The molecule has 1 heterocycles. The van der Waals surface area contributed by atoms with Gasteiger partial charge in [0.1, 0.15) is 0 Å². The molecule has 0 unspecified atom stereocenters. The van der Waals surface area contributed by atoms with Crippen LogP contribution in [0.25, 0.3) is 0 Å². The van der Waals surface area contributed by atoms with Crippen molar-refractivity contribution < 1.29 is 0 Å². The molecule has 1 saturated heterocycles. The van der Waals surface area contributed by atoms with E-state index in [0.29, 0.717) is 0 Å². The SMILES string of the molecule is C(=C\N1CCCCC1)/CCc1ccccc1. The number of hydrogen-bond acceptors (Lipinski definition) is 1. The first-order valence-corrected chi connectivity index (χ1v) is 6.40. The lowest BCUT2D eigenvalue weighted by Crippen LogP contribution is -2.24. The van der Waals surface area contributed by atoms with Crippen molar-refractivity contribution in [2.45, 2.75) is 32.1 Å². The number of allylic oxidation sites excluding steroid dienone is 1. The highest BCUT2D eigenvalue weighted by molar-refractivity contribution is 5.15. The highest BCUT2D eigenvalue weighted by Crippen LogP contribution is 2.09. The second kappa shape index (κ2) is 6.37. The summed E-state index contributed by atoms with van der Waals surface area (Å²) >= 11 is 0. The van der Waals surface area contributed by atoms with Gasteiger partial charge in [-0.25, -0.2) is 0 Å². The van der Waals surface area contributed by atoms with Crippen molar-refractivity contribution >= 4 is 0 Å². The van der Waals surface area contributed by atoms with Gasteiger partial charge in [-0.3, -0.25) is 0 Å². The van der Waals surface area contributed by atoms with Gasteiger partial charge in [-0.05, 0) is 43.9 Å². The van der Waals surface area contributed by atoms with E-state index in [0.717, 1.165) is 12.8 Å². The van der Waals surface area contributed by atoms with Crippen molar-refractivity contribution in [3.63, 3.8) is 0 Å². The molecule has 2 rings (SSSR count). The molecule has 0 saturated carbocycles. The summed E-state index contributed by atoms with van der Waals surface area (Å²) in [5, 5.41) is 0. The Morgan fingerprint density at radius 1 is 1.00 bits per heavy atom. The molecule has 0 bridgehead atoms. The van der Waals surface area contributed by atoms with E-state index < -0.39 is 0 Å². The van der Waals surface area contributed by atoms with Crippen LogP contribution in [0.5, 0.6) is 0 Å². The summed E-state index contributed by atoms with van der Waals surface area (Å²) in [6, 6.07) is 10.7. The van der Waals surface area contributed by atoms with Crippen LogP contribution in [0.4, 0.5) is 0 Å². The normalized spacial score (nSPS) is 16.9. The average Bonchev–Trinajstić information content (AvgIpc) is 2.37. The van der Waals surface area contributed by atoms with Crippen molar-refractivity contribution in [2.75, 3.05) is 13.1 Å². The predicted molar refractivity (Wildman–Crippen MR) is 69.3 cm³/mol. The Bertz CT molecular complexity index is 309. The second-order valence-corrected chi connectivity index (χ2v) is 4.51. The summed E-state index contributed by atoms with van der Waals surface area (Å²) in [6.07, 6.45) is 11.1. The number of likely N-dealkylation sites (tertiary alicyclic amines) is 1. The zero-order valence-electron chi connectivity index (χ0n) is 9.94. The molecule has 0 spiro atoms. The van der Waals surface area contributed by atoms with Crippen LogP contribution in [-0.4, -0.2) is 18.0 Å². The van der Waals surface area contributed by atoms with Crippen LogP contribution in [0.15, 0.2) is 42.6 Å². The molecule has 86 valence electrons. The van der Waals surface area contributed by atoms with Gasteiger partial charge in [-0.1, -0.05) is 36.4 Å². The van der Waals surface area contributed by atoms with Gasteiger partial charge >= 0.3 is 0 Å². The van der Waals surface area contributed by atoms with Crippen LogP contribution in [0, 0.1) is 0 Å². The molecule has 0 atom stereocenters. The minimum Gasteiger partial charge on any atom is -0.378 e. The monoisotopic (exact) mass is 215 g/mol. The fourth-order valence-corrected chi connectivity index (χ4v) is 2.19. The lowest BCUT2D eigenvalue weighted by atomic mass is 10.1. The number of piperidine rings is 1. The Balaban J connectivity index is 1.69. The minimum atomic E-state index is 1.15. The maximum atomic E-state index is 2.45. The number of aryl methyl sites for hydroxylation is 1. The van der Waals surface area contributed by atoms with Gasteiger partial charge < -0.3 is 4.90 Å². The molecule has 1 aliphatic rings. The van der Waals surface area contributed by atoms with E-state index in [1.807, 2.05) is 0 Å². The molecule has 0 aliphatic carbocycles. The van der Waals surface area contributed by atoms with E-state index in [-0.39, 0.29) is 0 Å². The van der Waals surface area contributed by atoms with Gasteiger partial charge in [0.15, 0.2) is 0 Å². The predicted octanol–water partition coefficient (Wildman–Crippen LogP) is 3.62. The van der Waals surface area contributed by atoms with Gasteiger partial charge in [0, 0.05) is 13.1 Å². The van der Waals surface area contributed by atoms with Crippen LogP contribution in [-0.2, 0) is 6.42 Å². The topological polar surface area (TPSA) is 3.24 Å². The van der Waals surface area contributed by atoms with E-state index >= 15 is 0 Å². The minimum absolute atomic E-state index is 1.15. The van der Waals surface area contributed by atoms with E-state index in [1.54, 1.807) is 0 Å². The summed E-state index contributed by atoms with van der Waals surface area (Å²) < 4.78 is 0. The first-order chi connectivity index (χ1) is 7.95. The first-order valence-electron chi connectivity index (χ1n) is 6.40. The summed E-state index contributed by atoms with van der Waals surface area (Å²) in [7, 11) is 0. The molecule has 16 heavy (non-hydrogen) atoms. The van der Waals surface area contributed by atoms with Crippen LogP contribution < -0.4 is 0 Å². The third-order valence-corrected chi connectivity index (χ3v) is 3.15. The fourth-order valence-electron chi connectivity index (χ4n) is 2.19.